The predicted molar refractivity (Wildman–Crippen MR) is 189 cm³/mol. The molecule has 17 nitrogen and oxygen atoms in total. The molecule has 2 aromatic carbocycles. The van der Waals surface area contributed by atoms with E-state index < -0.39 is 66.3 Å². The average Bonchev–Trinajstić information content (AvgIpc) is 3.15. The average molecular weight is 742 g/mol. The zero-order chi connectivity index (χ0) is 38.6. The first-order chi connectivity index (χ1) is 25.3. The number of nitrogens with two attached hydrogens (primary N) is 2. The number of guanidine groups is 1. The second kappa shape index (κ2) is 16.5. The summed E-state index contributed by atoms with van der Waals surface area (Å²) < 4.78 is 17.3. The predicted octanol–water partition coefficient (Wildman–Crippen LogP) is -1.32. The van der Waals surface area contributed by atoms with Crippen molar-refractivity contribution in [3.05, 3.63) is 74.6 Å². The van der Waals surface area contributed by atoms with E-state index in [1.54, 1.807) is 6.08 Å². The Morgan fingerprint density at radius 3 is 2.47 bits per heavy atom. The summed E-state index contributed by atoms with van der Waals surface area (Å²) in [7, 11) is 2.73. The molecule has 5 atom stereocenters. The number of ether oxygens (including phenoxy) is 3. The maximum Gasteiger partial charge on any atom is 0.229 e. The van der Waals surface area contributed by atoms with Gasteiger partial charge < -0.3 is 72.1 Å². The third-order valence-electron chi connectivity index (χ3n) is 9.91. The smallest absolute Gasteiger partial charge is 0.229 e. The number of nitrogens with zero attached hydrogens (tertiary/aromatic N) is 1. The molecule has 2 heterocycles. The van der Waals surface area contributed by atoms with Crippen molar-refractivity contribution in [3.63, 3.8) is 0 Å². The van der Waals surface area contributed by atoms with E-state index in [2.05, 4.69) is 15.6 Å². The van der Waals surface area contributed by atoms with Gasteiger partial charge in [-0.15, -0.1) is 0 Å². The lowest BCUT2D eigenvalue weighted by Gasteiger charge is -2.48. The molecule has 13 N–H and O–H groups in total. The van der Waals surface area contributed by atoms with Crippen molar-refractivity contribution < 1.29 is 59.5 Å². The molecule has 17 heteroatoms. The lowest BCUT2D eigenvalue weighted by atomic mass is 9.78. The fourth-order valence-corrected chi connectivity index (χ4v) is 6.98. The number of aromatic hydroxyl groups is 1. The van der Waals surface area contributed by atoms with Gasteiger partial charge in [0.15, 0.2) is 11.7 Å². The molecule has 0 aromatic heterocycles. The number of aliphatic imine (C=N–C) groups is 1. The van der Waals surface area contributed by atoms with Gasteiger partial charge in [0.1, 0.15) is 41.2 Å². The largest absolute Gasteiger partial charge is 0.507 e. The molecule has 2 aliphatic heterocycles. The molecule has 0 spiro atoms. The normalized spacial score (nSPS) is 24.1. The number of carbonyl (C=O) groups is 2. The number of nitrogens with one attached hydrogen (secondary N) is 2. The number of ketones is 2. The Morgan fingerprint density at radius 2 is 1.83 bits per heavy atom. The first-order valence-electron chi connectivity index (χ1n) is 17.1. The first-order valence-corrected chi connectivity index (χ1v) is 17.1. The number of fused-ring (bicyclic) bond motifs is 2. The summed E-state index contributed by atoms with van der Waals surface area (Å²) in [4.78, 5) is 32.7. The van der Waals surface area contributed by atoms with Crippen LogP contribution < -0.4 is 31.6 Å². The third-order valence-corrected chi connectivity index (χ3v) is 9.91. The van der Waals surface area contributed by atoms with Gasteiger partial charge in [0, 0.05) is 55.1 Å². The molecule has 53 heavy (non-hydrogen) atoms. The van der Waals surface area contributed by atoms with Crippen molar-refractivity contribution in [2.45, 2.75) is 75.5 Å². The molecule has 1 fully saturated rings. The monoisotopic (exact) mass is 741 g/mol. The van der Waals surface area contributed by atoms with E-state index in [-0.39, 0.29) is 71.3 Å². The maximum absolute atomic E-state index is 14.5. The quantitative estimate of drug-likeness (QED) is 0.0519. The topological polar surface area (TPSA) is 292 Å². The number of dihydropyridines is 1. The van der Waals surface area contributed by atoms with Crippen molar-refractivity contribution in [2.24, 2.45) is 16.5 Å². The van der Waals surface area contributed by atoms with E-state index in [0.29, 0.717) is 37.2 Å². The zero-order valence-electron chi connectivity index (χ0n) is 29.5. The van der Waals surface area contributed by atoms with Crippen LogP contribution in [0.15, 0.2) is 40.7 Å². The number of rotatable bonds is 14. The highest BCUT2D eigenvalue weighted by atomic mass is 16.7. The third kappa shape index (κ3) is 7.54. The van der Waals surface area contributed by atoms with Gasteiger partial charge in [-0.05, 0) is 55.4 Å². The lowest BCUT2D eigenvalue weighted by molar-refractivity contribution is -0.314. The Balaban J connectivity index is 1.55. The van der Waals surface area contributed by atoms with E-state index in [1.165, 1.54) is 26.3 Å². The van der Waals surface area contributed by atoms with Crippen LogP contribution in [0.5, 0.6) is 17.2 Å². The van der Waals surface area contributed by atoms with Gasteiger partial charge in [0.2, 0.25) is 12.1 Å². The van der Waals surface area contributed by atoms with Crippen molar-refractivity contribution >= 4 is 17.5 Å². The number of carbonyl (C=O) groups excluding carboxylic acids is 2. The number of aliphatic hydroxyl groups is 6. The van der Waals surface area contributed by atoms with Gasteiger partial charge in [-0.2, -0.15) is 0 Å². The molecule has 0 amide bonds. The van der Waals surface area contributed by atoms with Gasteiger partial charge in [0.25, 0.3) is 0 Å². The highest BCUT2D eigenvalue weighted by Gasteiger charge is 2.55. The zero-order valence-corrected chi connectivity index (χ0v) is 29.5. The number of hydrogen-bond acceptors (Lipinski definition) is 15. The van der Waals surface area contributed by atoms with Crippen LogP contribution in [0.2, 0.25) is 0 Å². The number of phenols is 1. The summed E-state index contributed by atoms with van der Waals surface area (Å²) in [6.45, 7) is -1.22. The number of hydrogen-bond donors (Lipinski definition) is 11. The second-order valence-corrected chi connectivity index (χ2v) is 13.0. The molecule has 3 aliphatic rings. The van der Waals surface area contributed by atoms with E-state index in [9.17, 15) is 45.3 Å². The van der Waals surface area contributed by atoms with Gasteiger partial charge in [-0.25, -0.2) is 0 Å². The van der Waals surface area contributed by atoms with Gasteiger partial charge >= 0.3 is 0 Å². The minimum Gasteiger partial charge on any atom is -0.507 e. The Labute approximate surface area is 305 Å². The molecular weight excluding hydrogens is 694 g/mol. The summed E-state index contributed by atoms with van der Waals surface area (Å²) in [6.07, 6.45) is -2.33. The number of methoxy groups -OCH3 is 1. The molecule has 5 rings (SSSR count). The molecule has 5 unspecified atom stereocenters. The Bertz CT molecular complexity index is 1820. The molecule has 1 aliphatic carbocycles. The van der Waals surface area contributed by atoms with E-state index in [0.717, 1.165) is 5.57 Å². The van der Waals surface area contributed by atoms with Crippen LogP contribution in [0, 0.1) is 0 Å². The van der Waals surface area contributed by atoms with E-state index >= 15 is 0 Å². The van der Waals surface area contributed by atoms with Crippen molar-refractivity contribution in [3.8, 4) is 17.2 Å². The molecular formula is C36H47N5O12. The number of aryl methyl sites for hydroxylation is 1. The second-order valence-electron chi connectivity index (χ2n) is 13.0. The SMILES string of the molecule is CN=C(N)NCc1c(CCCCO)cc2c(c1O)C(=O)c1c(OC3OC(CO)C(O)(CCC4=CCNC(N)=C4)C(O)C3O)cc(OC)c(CO)c1C2=O. The van der Waals surface area contributed by atoms with Crippen molar-refractivity contribution in [1.82, 2.24) is 10.6 Å². The van der Waals surface area contributed by atoms with Crippen LogP contribution in [0.1, 0.15) is 74.2 Å². The van der Waals surface area contributed by atoms with Crippen LogP contribution in [-0.2, 0) is 24.3 Å². The summed E-state index contributed by atoms with van der Waals surface area (Å²) in [5.41, 5.74) is 9.81. The van der Waals surface area contributed by atoms with Crippen LogP contribution in [-0.4, -0.2) is 117 Å². The number of aliphatic hydroxyl groups excluding tert-OH is 5. The summed E-state index contributed by atoms with van der Waals surface area (Å²) in [5, 5.41) is 81.5. The molecule has 288 valence electrons. The number of unbranched alkanes of at least 4 members (excludes halogenated alkanes) is 1. The van der Waals surface area contributed by atoms with Crippen molar-refractivity contribution in [1.29, 1.82) is 0 Å². The van der Waals surface area contributed by atoms with Crippen molar-refractivity contribution in [2.75, 3.05) is 33.9 Å². The van der Waals surface area contributed by atoms with E-state index in [4.69, 9.17) is 25.7 Å². The molecule has 1 saturated heterocycles. The Hall–Kier alpha value is -4.75. The van der Waals surface area contributed by atoms with Gasteiger partial charge in [-0.3, -0.25) is 14.6 Å². The molecule has 2 aromatic rings. The van der Waals surface area contributed by atoms with Gasteiger partial charge in [0.05, 0.1) is 37.3 Å². The highest BCUT2D eigenvalue weighted by Crippen LogP contribution is 2.45. The summed E-state index contributed by atoms with van der Waals surface area (Å²) in [6, 6.07) is 2.67. The van der Waals surface area contributed by atoms with Crippen LogP contribution >= 0.6 is 0 Å². The number of benzene rings is 2. The lowest BCUT2D eigenvalue weighted by Crippen LogP contribution is -2.67. The maximum atomic E-state index is 14.5. The Kier molecular flexibility index (Phi) is 12.3. The molecule has 0 saturated carbocycles. The minimum atomic E-state index is -2.15. The first kappa shape index (κ1) is 39.5. The van der Waals surface area contributed by atoms with Crippen LogP contribution in [0.3, 0.4) is 0 Å². The highest BCUT2D eigenvalue weighted by molar-refractivity contribution is 6.31. The van der Waals surface area contributed by atoms with Crippen LogP contribution in [0.4, 0.5) is 0 Å². The van der Waals surface area contributed by atoms with Crippen LogP contribution in [0.25, 0.3) is 0 Å². The fourth-order valence-electron chi connectivity index (χ4n) is 6.98. The fraction of sp³-hybridized carbons (Fsp3) is 0.472. The number of allylic oxidation sites excluding steroid dienone is 2. The molecule has 0 bridgehead atoms. The minimum absolute atomic E-state index is 0.0486. The Morgan fingerprint density at radius 1 is 1.08 bits per heavy atom. The molecule has 0 radical (unpaired) electrons. The summed E-state index contributed by atoms with van der Waals surface area (Å²) >= 11 is 0. The van der Waals surface area contributed by atoms with Gasteiger partial charge in [-0.1, -0.05) is 6.08 Å². The van der Waals surface area contributed by atoms with E-state index in [1.807, 2.05) is 6.08 Å². The standard InChI is InChI=1S/C36H47N5O12/c1-39-35(38)41-14-20-18(5-3-4-10-42)12-19-27(30(20)46)31(47)28-23(13-22(51-2)21(15-43)26(28)29(19)45)52-34-32(48)33(49)36(50,24(16-44)53-34)8-6-17-7-9-40-25(37)11-17/h7,11-13,24,32-34,40,42-44,46,48-50H,3-6,8-10,14-16,37H2,1-2H3,(H3,38,39,41). The number of phenolic OH excluding ortho intramolecular Hbond substituents is 1. The summed E-state index contributed by atoms with van der Waals surface area (Å²) in [5.74, 6) is -2.09.